The minimum Gasteiger partial charge on any atom is -0.384 e. The predicted octanol–water partition coefficient (Wildman–Crippen LogP) is 1.96. The van der Waals surface area contributed by atoms with Crippen LogP contribution in [0, 0.1) is 23.2 Å². The van der Waals surface area contributed by atoms with Crippen molar-refractivity contribution in [3.05, 3.63) is 0 Å². The zero-order valence-corrected chi connectivity index (χ0v) is 7.05. The summed E-state index contributed by atoms with van der Waals surface area (Å²) in [5.41, 5.74) is 0. The standard InChI is InChI=1S/C9H15NO/c1-11-7-9-4-2-3-8(5-9)6-10/h8-9H,2-5,7H2,1H3. The molecule has 0 heterocycles. The zero-order valence-electron chi connectivity index (χ0n) is 7.05. The van der Waals surface area contributed by atoms with E-state index in [1.807, 2.05) is 0 Å². The van der Waals surface area contributed by atoms with E-state index in [2.05, 4.69) is 6.07 Å². The van der Waals surface area contributed by atoms with Gasteiger partial charge in [0, 0.05) is 19.6 Å². The van der Waals surface area contributed by atoms with Crippen LogP contribution in [0.1, 0.15) is 25.7 Å². The highest BCUT2D eigenvalue weighted by Crippen LogP contribution is 2.28. The summed E-state index contributed by atoms with van der Waals surface area (Å²) in [5, 5.41) is 8.69. The van der Waals surface area contributed by atoms with Crippen LogP contribution in [0.25, 0.3) is 0 Å². The Hall–Kier alpha value is -0.550. The lowest BCUT2D eigenvalue weighted by Gasteiger charge is -2.24. The molecule has 1 fully saturated rings. The number of nitriles is 1. The van der Waals surface area contributed by atoms with Crippen LogP contribution in [0.4, 0.5) is 0 Å². The number of hydrogen-bond donors (Lipinski definition) is 0. The van der Waals surface area contributed by atoms with E-state index in [4.69, 9.17) is 10.00 Å². The molecule has 0 radical (unpaired) electrons. The van der Waals surface area contributed by atoms with Gasteiger partial charge >= 0.3 is 0 Å². The fourth-order valence-corrected chi connectivity index (χ4v) is 1.80. The second kappa shape index (κ2) is 4.35. The first-order valence-electron chi connectivity index (χ1n) is 4.25. The fourth-order valence-electron chi connectivity index (χ4n) is 1.80. The normalized spacial score (nSPS) is 31.3. The van der Waals surface area contributed by atoms with Gasteiger partial charge in [0.1, 0.15) is 0 Å². The minimum absolute atomic E-state index is 0.295. The van der Waals surface area contributed by atoms with Crippen molar-refractivity contribution in [2.75, 3.05) is 13.7 Å². The van der Waals surface area contributed by atoms with E-state index >= 15 is 0 Å². The molecule has 1 aliphatic rings. The Morgan fingerprint density at radius 1 is 1.55 bits per heavy atom. The van der Waals surface area contributed by atoms with E-state index in [1.54, 1.807) is 7.11 Å². The molecule has 11 heavy (non-hydrogen) atoms. The Balaban J connectivity index is 2.29. The van der Waals surface area contributed by atoms with Crippen molar-refractivity contribution in [1.82, 2.24) is 0 Å². The van der Waals surface area contributed by atoms with Crippen LogP contribution < -0.4 is 0 Å². The van der Waals surface area contributed by atoms with Gasteiger partial charge in [-0.15, -0.1) is 0 Å². The van der Waals surface area contributed by atoms with Gasteiger partial charge in [-0.1, -0.05) is 6.42 Å². The van der Waals surface area contributed by atoms with Crippen LogP contribution in [0.2, 0.25) is 0 Å². The average Bonchev–Trinajstić information content (AvgIpc) is 2.06. The molecule has 62 valence electrons. The Kier molecular flexibility index (Phi) is 3.38. The van der Waals surface area contributed by atoms with Gasteiger partial charge in [-0.05, 0) is 25.2 Å². The molecule has 0 bridgehead atoms. The summed E-state index contributed by atoms with van der Waals surface area (Å²) in [6, 6.07) is 2.34. The van der Waals surface area contributed by atoms with Gasteiger partial charge in [-0.3, -0.25) is 0 Å². The first kappa shape index (κ1) is 8.55. The summed E-state index contributed by atoms with van der Waals surface area (Å²) < 4.78 is 5.06. The van der Waals surface area contributed by atoms with Crippen LogP contribution in [-0.4, -0.2) is 13.7 Å². The molecule has 2 unspecified atom stereocenters. The average molecular weight is 153 g/mol. The number of nitrogens with zero attached hydrogens (tertiary/aromatic N) is 1. The summed E-state index contributed by atoms with van der Waals surface area (Å²) in [6.07, 6.45) is 4.58. The molecule has 0 aromatic carbocycles. The second-order valence-corrected chi connectivity index (χ2v) is 3.31. The molecule has 2 heteroatoms. The third-order valence-electron chi connectivity index (χ3n) is 2.37. The highest BCUT2D eigenvalue weighted by molar-refractivity contribution is 4.87. The van der Waals surface area contributed by atoms with Crippen LogP contribution in [0.15, 0.2) is 0 Å². The lowest BCUT2D eigenvalue weighted by atomic mass is 9.83. The third-order valence-corrected chi connectivity index (χ3v) is 2.37. The van der Waals surface area contributed by atoms with Gasteiger partial charge in [-0.2, -0.15) is 5.26 Å². The van der Waals surface area contributed by atoms with Crippen molar-refractivity contribution in [2.24, 2.45) is 11.8 Å². The zero-order chi connectivity index (χ0) is 8.10. The predicted molar refractivity (Wildman–Crippen MR) is 42.9 cm³/mol. The van der Waals surface area contributed by atoms with Gasteiger partial charge < -0.3 is 4.74 Å². The first-order valence-corrected chi connectivity index (χ1v) is 4.25. The molecule has 0 saturated heterocycles. The molecule has 0 N–H and O–H groups in total. The van der Waals surface area contributed by atoms with Gasteiger partial charge in [0.2, 0.25) is 0 Å². The summed E-state index contributed by atoms with van der Waals surface area (Å²) >= 11 is 0. The topological polar surface area (TPSA) is 33.0 Å². The minimum atomic E-state index is 0.295. The Morgan fingerprint density at radius 3 is 3.00 bits per heavy atom. The maximum absolute atomic E-state index is 8.69. The highest BCUT2D eigenvalue weighted by Gasteiger charge is 2.20. The van der Waals surface area contributed by atoms with Crippen molar-refractivity contribution in [2.45, 2.75) is 25.7 Å². The van der Waals surface area contributed by atoms with Crippen LogP contribution >= 0.6 is 0 Å². The van der Waals surface area contributed by atoms with E-state index in [-0.39, 0.29) is 0 Å². The van der Waals surface area contributed by atoms with Gasteiger partial charge in [0.05, 0.1) is 6.07 Å². The monoisotopic (exact) mass is 153 g/mol. The van der Waals surface area contributed by atoms with Crippen LogP contribution in [-0.2, 0) is 4.74 Å². The van der Waals surface area contributed by atoms with Crippen LogP contribution in [0.3, 0.4) is 0 Å². The number of ether oxygens (including phenoxy) is 1. The van der Waals surface area contributed by atoms with Crippen LogP contribution in [0.5, 0.6) is 0 Å². The van der Waals surface area contributed by atoms with E-state index < -0.39 is 0 Å². The Bertz CT molecular complexity index is 148. The van der Waals surface area contributed by atoms with Crippen molar-refractivity contribution in [3.63, 3.8) is 0 Å². The Labute approximate surface area is 68.2 Å². The molecular weight excluding hydrogens is 138 g/mol. The molecule has 0 aliphatic heterocycles. The lowest BCUT2D eigenvalue weighted by molar-refractivity contribution is 0.123. The largest absolute Gasteiger partial charge is 0.384 e. The quantitative estimate of drug-likeness (QED) is 0.607. The highest BCUT2D eigenvalue weighted by atomic mass is 16.5. The Morgan fingerprint density at radius 2 is 2.36 bits per heavy atom. The summed E-state index contributed by atoms with van der Waals surface area (Å²) in [7, 11) is 1.73. The van der Waals surface area contributed by atoms with Crippen molar-refractivity contribution >= 4 is 0 Å². The van der Waals surface area contributed by atoms with Crippen molar-refractivity contribution < 1.29 is 4.74 Å². The number of methoxy groups -OCH3 is 1. The molecule has 0 amide bonds. The van der Waals surface area contributed by atoms with Gasteiger partial charge in [0.15, 0.2) is 0 Å². The van der Waals surface area contributed by atoms with E-state index in [0.29, 0.717) is 11.8 Å². The first-order chi connectivity index (χ1) is 5.36. The molecule has 2 atom stereocenters. The maximum atomic E-state index is 8.69. The maximum Gasteiger partial charge on any atom is 0.0655 e. The molecular formula is C9H15NO. The lowest BCUT2D eigenvalue weighted by Crippen LogP contribution is -2.18. The molecule has 0 aromatic heterocycles. The van der Waals surface area contributed by atoms with Gasteiger partial charge in [0.25, 0.3) is 0 Å². The SMILES string of the molecule is COCC1CCCC(C#N)C1. The molecule has 1 saturated carbocycles. The summed E-state index contributed by atoms with van der Waals surface area (Å²) in [5.74, 6) is 0.933. The van der Waals surface area contributed by atoms with Crippen molar-refractivity contribution in [3.8, 4) is 6.07 Å². The molecule has 1 aliphatic carbocycles. The number of rotatable bonds is 2. The van der Waals surface area contributed by atoms with E-state index in [1.165, 1.54) is 12.8 Å². The molecule has 1 rings (SSSR count). The molecule has 2 nitrogen and oxygen atoms in total. The van der Waals surface area contributed by atoms with E-state index in [0.717, 1.165) is 19.4 Å². The fraction of sp³-hybridized carbons (Fsp3) is 0.889. The third kappa shape index (κ3) is 2.51. The van der Waals surface area contributed by atoms with E-state index in [9.17, 15) is 0 Å². The molecule has 0 aromatic rings. The number of hydrogen-bond acceptors (Lipinski definition) is 2. The van der Waals surface area contributed by atoms with Gasteiger partial charge in [-0.25, -0.2) is 0 Å². The summed E-state index contributed by atoms with van der Waals surface area (Å²) in [4.78, 5) is 0. The van der Waals surface area contributed by atoms with Crippen molar-refractivity contribution in [1.29, 1.82) is 5.26 Å². The second-order valence-electron chi connectivity index (χ2n) is 3.31. The summed E-state index contributed by atoms with van der Waals surface area (Å²) in [6.45, 7) is 0.832. The molecule has 0 spiro atoms. The smallest absolute Gasteiger partial charge is 0.0655 e.